The van der Waals surface area contributed by atoms with E-state index >= 15 is 0 Å². The highest BCUT2D eigenvalue weighted by molar-refractivity contribution is 7.80. The lowest BCUT2D eigenvalue weighted by molar-refractivity contribution is 0.420. The van der Waals surface area contributed by atoms with Crippen molar-refractivity contribution in [2.45, 2.75) is 33.5 Å². The van der Waals surface area contributed by atoms with Crippen molar-refractivity contribution >= 4 is 28.7 Å². The Labute approximate surface area is 197 Å². The van der Waals surface area contributed by atoms with Gasteiger partial charge in [0.25, 0.3) is 0 Å². The molecule has 178 valence electrons. The molecule has 0 aliphatic rings. The number of anilines is 2. The molecule has 13 heteroatoms. The Morgan fingerprint density at radius 1 is 0.882 bits per heavy atom. The smallest absolute Gasteiger partial charge is 0.194 e. The summed E-state index contributed by atoms with van der Waals surface area (Å²) in [6.45, 7) is 4.94. The lowest BCUT2D eigenvalue weighted by atomic mass is 10.2. The van der Waals surface area contributed by atoms with Gasteiger partial charge in [0.05, 0.1) is 43.1 Å². The van der Waals surface area contributed by atoms with Crippen LogP contribution >= 0.6 is 12.2 Å². The molecular weight excluding hydrogens is 472 g/mol. The molecule has 3 aromatic heterocycles. The summed E-state index contributed by atoms with van der Waals surface area (Å²) in [6, 6.07) is 0.298. The van der Waals surface area contributed by atoms with Gasteiger partial charge in [0.15, 0.2) is 22.6 Å². The Hall–Kier alpha value is -3.74. The number of benzene rings is 1. The highest BCUT2D eigenvalue weighted by atomic mass is 32.1. The maximum absolute atomic E-state index is 13.9. The van der Waals surface area contributed by atoms with Gasteiger partial charge in [-0.15, -0.1) is 0 Å². The van der Waals surface area contributed by atoms with E-state index in [9.17, 15) is 17.6 Å². The number of aromatic nitrogens is 6. The van der Waals surface area contributed by atoms with Gasteiger partial charge in [-0.3, -0.25) is 14.0 Å². The van der Waals surface area contributed by atoms with Gasteiger partial charge in [0.1, 0.15) is 5.82 Å². The Morgan fingerprint density at radius 2 is 1.50 bits per heavy atom. The minimum absolute atomic E-state index is 0.235. The van der Waals surface area contributed by atoms with Gasteiger partial charge < -0.3 is 10.6 Å². The van der Waals surface area contributed by atoms with E-state index in [1.165, 1.54) is 17.1 Å². The van der Waals surface area contributed by atoms with Crippen molar-refractivity contribution in [1.29, 1.82) is 0 Å². The highest BCUT2D eigenvalue weighted by Crippen LogP contribution is 2.20. The molecule has 0 aliphatic heterocycles. The molecule has 34 heavy (non-hydrogen) atoms. The van der Waals surface area contributed by atoms with Gasteiger partial charge in [-0.25, -0.2) is 17.6 Å². The summed E-state index contributed by atoms with van der Waals surface area (Å²) in [7, 11) is 0. The Morgan fingerprint density at radius 3 is 2.09 bits per heavy atom. The number of rotatable bonds is 7. The van der Waals surface area contributed by atoms with E-state index < -0.39 is 35.4 Å². The predicted molar refractivity (Wildman–Crippen MR) is 121 cm³/mol. The standard InChI is InChI=1S/C21H20F4N8S/c1-3-33-12(2)13(5-28-33)8-31-9-14(6-26-31)29-21(34)30-15-7-27-32(10-15)11-16-17(22)4-18(23)20(25)19(16)24/h4-7,9-10H,3,8,11H2,1-2H3,(H2,29,30,34). The van der Waals surface area contributed by atoms with Crippen LogP contribution in [-0.2, 0) is 19.6 Å². The summed E-state index contributed by atoms with van der Waals surface area (Å²) in [5.41, 5.74) is 2.57. The average Bonchev–Trinajstić information content (AvgIpc) is 3.51. The van der Waals surface area contributed by atoms with Gasteiger partial charge in [0.2, 0.25) is 0 Å². The summed E-state index contributed by atoms with van der Waals surface area (Å²) in [5.74, 6) is -6.11. The zero-order valence-corrected chi connectivity index (χ0v) is 19.0. The van der Waals surface area contributed by atoms with Crippen LogP contribution in [0.5, 0.6) is 0 Å². The summed E-state index contributed by atoms with van der Waals surface area (Å²) in [5, 5.41) is 18.7. The first kappa shape index (κ1) is 23.4. The first-order chi connectivity index (χ1) is 16.2. The van der Waals surface area contributed by atoms with E-state index in [-0.39, 0.29) is 5.11 Å². The molecule has 3 heterocycles. The normalized spacial score (nSPS) is 11.1. The van der Waals surface area contributed by atoms with Crippen molar-refractivity contribution in [2.75, 3.05) is 10.6 Å². The quantitative estimate of drug-likeness (QED) is 0.175. The monoisotopic (exact) mass is 492 g/mol. The third-order valence-corrected chi connectivity index (χ3v) is 5.35. The molecule has 4 rings (SSSR count). The topological polar surface area (TPSA) is 77.5 Å². The van der Waals surface area contributed by atoms with Crippen LogP contribution in [0.25, 0.3) is 0 Å². The van der Waals surface area contributed by atoms with E-state index in [2.05, 4.69) is 25.9 Å². The van der Waals surface area contributed by atoms with Crippen LogP contribution in [-0.4, -0.2) is 34.5 Å². The summed E-state index contributed by atoms with van der Waals surface area (Å²) in [6.07, 6.45) is 8.02. The van der Waals surface area contributed by atoms with Crippen molar-refractivity contribution < 1.29 is 17.6 Å². The van der Waals surface area contributed by atoms with Gasteiger partial charge in [0, 0.05) is 41.8 Å². The zero-order chi connectivity index (χ0) is 24.4. The third kappa shape index (κ3) is 4.93. The fourth-order valence-electron chi connectivity index (χ4n) is 3.37. The number of nitrogens with one attached hydrogen (secondary N) is 2. The zero-order valence-electron chi connectivity index (χ0n) is 18.2. The van der Waals surface area contributed by atoms with Crippen LogP contribution < -0.4 is 10.6 Å². The fourth-order valence-corrected chi connectivity index (χ4v) is 3.60. The minimum atomic E-state index is -1.73. The first-order valence-electron chi connectivity index (χ1n) is 10.2. The van der Waals surface area contributed by atoms with E-state index in [0.29, 0.717) is 24.0 Å². The molecule has 4 aromatic rings. The van der Waals surface area contributed by atoms with Crippen LogP contribution in [0.15, 0.2) is 37.1 Å². The van der Waals surface area contributed by atoms with Gasteiger partial charge >= 0.3 is 0 Å². The van der Waals surface area contributed by atoms with Crippen LogP contribution in [0, 0.1) is 30.2 Å². The maximum atomic E-state index is 13.9. The summed E-state index contributed by atoms with van der Waals surface area (Å²) < 4.78 is 59.1. The molecule has 0 radical (unpaired) electrons. The second-order valence-electron chi connectivity index (χ2n) is 7.45. The van der Waals surface area contributed by atoms with Crippen molar-refractivity contribution in [1.82, 2.24) is 29.3 Å². The molecule has 0 atom stereocenters. The maximum Gasteiger partial charge on any atom is 0.194 e. The number of hydrogen-bond donors (Lipinski definition) is 2. The number of hydrogen-bond acceptors (Lipinski definition) is 4. The molecule has 0 saturated heterocycles. The molecule has 8 nitrogen and oxygen atoms in total. The molecule has 0 saturated carbocycles. The van der Waals surface area contributed by atoms with Crippen LogP contribution in [0.2, 0.25) is 0 Å². The van der Waals surface area contributed by atoms with Crippen molar-refractivity contribution in [3.63, 3.8) is 0 Å². The summed E-state index contributed by atoms with van der Waals surface area (Å²) in [4.78, 5) is 0. The van der Waals surface area contributed by atoms with Crippen molar-refractivity contribution in [3.8, 4) is 0 Å². The third-order valence-electron chi connectivity index (χ3n) is 5.15. The molecule has 0 amide bonds. The molecule has 2 N–H and O–H groups in total. The number of halogens is 4. The van der Waals surface area contributed by atoms with Gasteiger partial charge in [-0.2, -0.15) is 15.3 Å². The molecule has 0 fully saturated rings. The Bertz CT molecular complexity index is 1340. The SMILES string of the molecule is CCn1ncc(Cn2cc(NC(=S)Nc3cnn(Cc4c(F)cc(F)c(F)c4F)c3)cn2)c1C. The molecular formula is C21H20F4N8S. The van der Waals surface area contributed by atoms with E-state index in [4.69, 9.17) is 12.2 Å². The first-order valence-corrected chi connectivity index (χ1v) is 10.6. The van der Waals surface area contributed by atoms with Crippen LogP contribution in [0.3, 0.4) is 0 Å². The molecule has 0 spiro atoms. The number of nitrogens with zero attached hydrogens (tertiary/aromatic N) is 6. The van der Waals surface area contributed by atoms with E-state index in [1.54, 1.807) is 17.1 Å². The minimum Gasteiger partial charge on any atom is -0.330 e. The average molecular weight is 493 g/mol. The predicted octanol–water partition coefficient (Wildman–Crippen LogP) is 4.07. The van der Waals surface area contributed by atoms with Gasteiger partial charge in [-0.1, -0.05) is 0 Å². The molecule has 0 unspecified atom stereocenters. The second kappa shape index (κ2) is 9.63. The number of aryl methyl sites for hydroxylation is 1. The second-order valence-corrected chi connectivity index (χ2v) is 7.86. The lowest BCUT2D eigenvalue weighted by Gasteiger charge is -2.08. The van der Waals surface area contributed by atoms with Crippen molar-refractivity contribution in [3.05, 3.63) is 77.1 Å². The van der Waals surface area contributed by atoms with Crippen molar-refractivity contribution in [2.24, 2.45) is 0 Å². The molecule has 1 aromatic carbocycles. The van der Waals surface area contributed by atoms with Gasteiger partial charge in [-0.05, 0) is 26.1 Å². The van der Waals surface area contributed by atoms with E-state index in [1.807, 2.05) is 24.7 Å². The lowest BCUT2D eigenvalue weighted by Crippen LogP contribution is -2.18. The Kier molecular flexibility index (Phi) is 6.63. The number of thiocarbonyl (C=S) groups is 1. The molecule has 0 aliphatic carbocycles. The summed E-state index contributed by atoms with van der Waals surface area (Å²) >= 11 is 5.29. The van der Waals surface area contributed by atoms with Crippen LogP contribution in [0.4, 0.5) is 28.9 Å². The fraction of sp³-hybridized carbons (Fsp3) is 0.238. The Balaban J connectivity index is 1.36. The van der Waals surface area contributed by atoms with E-state index in [0.717, 1.165) is 17.8 Å². The molecule has 0 bridgehead atoms. The highest BCUT2D eigenvalue weighted by Gasteiger charge is 2.19. The largest absolute Gasteiger partial charge is 0.330 e. The van der Waals surface area contributed by atoms with Crippen LogP contribution in [0.1, 0.15) is 23.7 Å².